The summed E-state index contributed by atoms with van der Waals surface area (Å²) in [5.41, 5.74) is 7.82. The van der Waals surface area contributed by atoms with Gasteiger partial charge in [-0.15, -0.1) is 0 Å². The van der Waals surface area contributed by atoms with Crippen molar-refractivity contribution in [3.05, 3.63) is 70.9 Å². The van der Waals surface area contributed by atoms with Crippen LogP contribution in [0.15, 0.2) is 54.6 Å². The molecule has 3 rings (SSSR count). The molecule has 0 aliphatic rings. The zero-order chi connectivity index (χ0) is 17.8. The van der Waals surface area contributed by atoms with Crippen LogP contribution in [-0.2, 0) is 4.79 Å². The summed E-state index contributed by atoms with van der Waals surface area (Å²) < 4.78 is 5.50. The standard InChI is InChI=1S/C20H17ClN2O2/c1-13(20(22)24)25-18-4-2-3-14(11-18)5-9-17-10-7-15-6-8-16(21)12-19(15)23-17/h2-13H,1H3,(H2,22,24). The predicted molar refractivity (Wildman–Crippen MR) is 101 cm³/mol. The first kappa shape index (κ1) is 17.0. The summed E-state index contributed by atoms with van der Waals surface area (Å²) in [7, 11) is 0. The quantitative estimate of drug-likeness (QED) is 0.744. The number of amides is 1. The molecule has 1 atom stereocenters. The maximum atomic E-state index is 11.1. The lowest BCUT2D eigenvalue weighted by atomic mass is 10.1. The highest BCUT2D eigenvalue weighted by Gasteiger charge is 2.09. The number of hydrogen-bond donors (Lipinski definition) is 1. The van der Waals surface area contributed by atoms with E-state index in [2.05, 4.69) is 4.98 Å². The van der Waals surface area contributed by atoms with E-state index in [-0.39, 0.29) is 0 Å². The van der Waals surface area contributed by atoms with Gasteiger partial charge in [-0.05, 0) is 48.9 Å². The summed E-state index contributed by atoms with van der Waals surface area (Å²) in [6.45, 7) is 1.62. The number of nitrogens with zero attached hydrogens (tertiary/aromatic N) is 1. The second kappa shape index (κ2) is 7.36. The highest BCUT2D eigenvalue weighted by atomic mass is 35.5. The first-order chi connectivity index (χ1) is 12.0. The van der Waals surface area contributed by atoms with Gasteiger partial charge in [-0.1, -0.05) is 41.9 Å². The topological polar surface area (TPSA) is 65.2 Å². The third kappa shape index (κ3) is 4.37. The van der Waals surface area contributed by atoms with Crippen LogP contribution in [0.4, 0.5) is 0 Å². The summed E-state index contributed by atoms with van der Waals surface area (Å²) in [6, 6.07) is 17.0. The van der Waals surface area contributed by atoms with Crippen molar-refractivity contribution in [2.75, 3.05) is 0 Å². The molecule has 126 valence electrons. The number of halogens is 1. The van der Waals surface area contributed by atoms with Gasteiger partial charge in [-0.2, -0.15) is 0 Å². The van der Waals surface area contributed by atoms with Crippen molar-refractivity contribution in [2.24, 2.45) is 5.73 Å². The van der Waals surface area contributed by atoms with Crippen LogP contribution in [0.25, 0.3) is 23.1 Å². The van der Waals surface area contributed by atoms with Gasteiger partial charge in [-0.3, -0.25) is 4.79 Å². The van der Waals surface area contributed by atoms with Crippen LogP contribution in [0.3, 0.4) is 0 Å². The van der Waals surface area contributed by atoms with Crippen LogP contribution in [-0.4, -0.2) is 17.0 Å². The summed E-state index contributed by atoms with van der Waals surface area (Å²) in [4.78, 5) is 15.7. The van der Waals surface area contributed by atoms with Gasteiger partial charge in [0, 0.05) is 10.4 Å². The molecule has 1 heterocycles. The van der Waals surface area contributed by atoms with Gasteiger partial charge in [-0.25, -0.2) is 4.98 Å². The Labute approximate surface area is 150 Å². The van der Waals surface area contributed by atoms with E-state index in [0.29, 0.717) is 10.8 Å². The highest BCUT2D eigenvalue weighted by molar-refractivity contribution is 6.31. The first-order valence-electron chi connectivity index (χ1n) is 7.82. The molecular weight excluding hydrogens is 336 g/mol. The second-order valence-electron chi connectivity index (χ2n) is 5.64. The Morgan fingerprint density at radius 2 is 1.96 bits per heavy atom. The van der Waals surface area contributed by atoms with Crippen LogP contribution in [0.1, 0.15) is 18.2 Å². The number of benzene rings is 2. The van der Waals surface area contributed by atoms with Gasteiger partial charge in [0.1, 0.15) is 5.75 Å². The molecule has 2 aromatic carbocycles. The van der Waals surface area contributed by atoms with Crippen molar-refractivity contribution in [1.82, 2.24) is 4.98 Å². The van der Waals surface area contributed by atoms with Gasteiger partial charge >= 0.3 is 0 Å². The molecule has 0 radical (unpaired) electrons. The van der Waals surface area contributed by atoms with E-state index in [1.165, 1.54) is 0 Å². The minimum Gasteiger partial charge on any atom is -0.481 e. The lowest BCUT2D eigenvalue weighted by molar-refractivity contribution is -0.123. The Morgan fingerprint density at radius 1 is 1.16 bits per heavy atom. The molecule has 0 aliphatic carbocycles. The van der Waals surface area contributed by atoms with Gasteiger partial charge in [0.05, 0.1) is 11.2 Å². The Hall–Kier alpha value is -2.85. The molecule has 1 aromatic heterocycles. The molecular formula is C20H17ClN2O2. The Bertz CT molecular complexity index is 953. The predicted octanol–water partition coefficient (Wildman–Crippen LogP) is 4.31. The molecule has 0 saturated carbocycles. The molecule has 1 unspecified atom stereocenters. The smallest absolute Gasteiger partial charge is 0.258 e. The molecule has 0 aliphatic heterocycles. The zero-order valence-corrected chi connectivity index (χ0v) is 14.4. The lowest BCUT2D eigenvalue weighted by Crippen LogP contribution is -2.30. The van der Waals surface area contributed by atoms with Crippen molar-refractivity contribution in [3.63, 3.8) is 0 Å². The first-order valence-corrected chi connectivity index (χ1v) is 8.19. The van der Waals surface area contributed by atoms with Gasteiger partial charge < -0.3 is 10.5 Å². The van der Waals surface area contributed by atoms with Crippen molar-refractivity contribution in [2.45, 2.75) is 13.0 Å². The second-order valence-corrected chi connectivity index (χ2v) is 6.08. The largest absolute Gasteiger partial charge is 0.481 e. The van der Waals surface area contributed by atoms with Crippen molar-refractivity contribution in [1.29, 1.82) is 0 Å². The van der Waals surface area contributed by atoms with E-state index >= 15 is 0 Å². The molecule has 4 nitrogen and oxygen atoms in total. The fourth-order valence-corrected chi connectivity index (χ4v) is 2.50. The normalized spacial score (nSPS) is 12.4. The van der Waals surface area contributed by atoms with E-state index < -0.39 is 12.0 Å². The molecule has 1 amide bonds. The molecule has 25 heavy (non-hydrogen) atoms. The third-order valence-corrected chi connectivity index (χ3v) is 3.93. The number of nitrogens with two attached hydrogens (primary N) is 1. The maximum Gasteiger partial charge on any atom is 0.258 e. The summed E-state index contributed by atoms with van der Waals surface area (Å²) in [5, 5.41) is 1.70. The average molecular weight is 353 g/mol. The Kier molecular flexibility index (Phi) is 5.00. The van der Waals surface area contributed by atoms with Crippen LogP contribution in [0.2, 0.25) is 5.02 Å². The third-order valence-electron chi connectivity index (χ3n) is 3.69. The summed E-state index contributed by atoms with van der Waals surface area (Å²) in [6.07, 6.45) is 3.17. The van der Waals surface area contributed by atoms with Gasteiger partial charge in [0.2, 0.25) is 0 Å². The van der Waals surface area contributed by atoms with Crippen molar-refractivity contribution < 1.29 is 9.53 Å². The number of pyridine rings is 1. The molecule has 0 spiro atoms. The van der Waals surface area contributed by atoms with Crippen LogP contribution in [0.5, 0.6) is 5.75 Å². The summed E-state index contributed by atoms with van der Waals surface area (Å²) >= 11 is 6.02. The molecule has 2 N–H and O–H groups in total. The number of primary amides is 1. The number of hydrogen-bond acceptors (Lipinski definition) is 3. The lowest BCUT2D eigenvalue weighted by Gasteiger charge is -2.11. The van der Waals surface area contributed by atoms with Crippen LogP contribution >= 0.6 is 11.6 Å². The van der Waals surface area contributed by atoms with Crippen molar-refractivity contribution in [3.8, 4) is 5.75 Å². The van der Waals surface area contributed by atoms with Gasteiger partial charge in [0.15, 0.2) is 6.10 Å². The molecule has 0 fully saturated rings. The van der Waals surface area contributed by atoms with Crippen LogP contribution < -0.4 is 10.5 Å². The van der Waals surface area contributed by atoms with E-state index in [1.807, 2.05) is 60.7 Å². The number of carbonyl (C=O) groups excluding carboxylic acids is 1. The number of rotatable bonds is 5. The fourth-order valence-electron chi connectivity index (χ4n) is 2.33. The number of fused-ring (bicyclic) bond motifs is 1. The summed E-state index contributed by atoms with van der Waals surface area (Å²) in [5.74, 6) is 0.0895. The van der Waals surface area contributed by atoms with Crippen LogP contribution in [0, 0.1) is 0 Å². The SMILES string of the molecule is CC(Oc1cccc(C=Cc2ccc3ccc(Cl)cc3n2)c1)C(N)=O. The maximum absolute atomic E-state index is 11.1. The number of ether oxygens (including phenoxy) is 1. The molecule has 0 saturated heterocycles. The average Bonchev–Trinajstić information content (AvgIpc) is 2.59. The molecule has 3 aromatic rings. The van der Waals surface area contributed by atoms with Gasteiger partial charge in [0.25, 0.3) is 5.91 Å². The highest BCUT2D eigenvalue weighted by Crippen LogP contribution is 2.20. The zero-order valence-electron chi connectivity index (χ0n) is 13.6. The van der Waals surface area contributed by atoms with E-state index in [1.54, 1.807) is 13.0 Å². The minimum atomic E-state index is -0.675. The van der Waals surface area contributed by atoms with E-state index in [4.69, 9.17) is 22.1 Å². The van der Waals surface area contributed by atoms with E-state index in [0.717, 1.165) is 22.2 Å². The van der Waals surface area contributed by atoms with Crippen molar-refractivity contribution >= 4 is 40.6 Å². The van der Waals surface area contributed by atoms with E-state index in [9.17, 15) is 4.79 Å². The number of aromatic nitrogens is 1. The monoisotopic (exact) mass is 352 g/mol. The molecule has 5 heteroatoms. The number of carbonyl (C=O) groups is 1. The Balaban J connectivity index is 1.81. The fraction of sp³-hybridized carbons (Fsp3) is 0.100. The molecule has 0 bridgehead atoms. The Morgan fingerprint density at radius 3 is 2.76 bits per heavy atom. The minimum absolute atomic E-state index is 0.500.